The second-order valence-corrected chi connectivity index (χ2v) is 6.66. The monoisotopic (exact) mass is 328 g/mol. The predicted molar refractivity (Wildman–Crippen MR) is 83.3 cm³/mol. The summed E-state index contributed by atoms with van der Waals surface area (Å²) >= 11 is 12.2. The van der Waals surface area contributed by atoms with Crippen LogP contribution < -0.4 is 5.32 Å². The molecule has 1 heterocycles. The minimum Gasteiger partial charge on any atom is -0.342 e. The zero-order chi connectivity index (χ0) is 15.8. The Morgan fingerprint density at radius 2 is 2.00 bits per heavy atom. The van der Waals surface area contributed by atoms with Crippen LogP contribution >= 0.6 is 23.2 Å². The van der Waals surface area contributed by atoms with Crippen molar-refractivity contribution in [2.75, 3.05) is 0 Å². The van der Waals surface area contributed by atoms with Crippen LogP contribution in [0.2, 0.25) is 10.0 Å². The lowest BCUT2D eigenvalue weighted by molar-refractivity contribution is -0.139. The Balaban J connectivity index is 2.34. The van der Waals surface area contributed by atoms with Gasteiger partial charge in [-0.1, -0.05) is 35.3 Å². The Morgan fingerprint density at radius 1 is 1.33 bits per heavy atom. The standard InChI is InChI=1S/C15H18Cl2N2O2/c1-9-7-12(20)18-15(2,3)14(21)19(9)8-10-5-4-6-11(16)13(10)17/h4-6,9H,7-8H2,1-3H3,(H,18,20). The SMILES string of the molecule is CC1CC(=O)NC(C)(C)C(=O)N1Cc1cccc(Cl)c1Cl. The second kappa shape index (κ2) is 5.85. The van der Waals surface area contributed by atoms with Crippen molar-refractivity contribution >= 4 is 35.0 Å². The highest BCUT2D eigenvalue weighted by molar-refractivity contribution is 6.42. The summed E-state index contributed by atoms with van der Waals surface area (Å²) in [6.45, 7) is 5.60. The fourth-order valence-electron chi connectivity index (χ4n) is 2.47. The Kier molecular flexibility index (Phi) is 4.49. The van der Waals surface area contributed by atoms with E-state index in [0.29, 0.717) is 16.6 Å². The number of nitrogens with zero attached hydrogens (tertiary/aromatic N) is 1. The van der Waals surface area contributed by atoms with Gasteiger partial charge in [-0.15, -0.1) is 0 Å². The molecule has 0 aliphatic carbocycles. The molecule has 0 spiro atoms. The van der Waals surface area contributed by atoms with Crippen LogP contribution in [0, 0.1) is 0 Å². The lowest BCUT2D eigenvalue weighted by Gasteiger charge is -2.32. The summed E-state index contributed by atoms with van der Waals surface area (Å²) in [6, 6.07) is 5.14. The molecular weight excluding hydrogens is 311 g/mol. The van der Waals surface area contributed by atoms with Crippen LogP contribution in [0.1, 0.15) is 32.8 Å². The third-order valence-electron chi connectivity index (χ3n) is 3.63. The lowest BCUT2D eigenvalue weighted by Crippen LogP contribution is -2.53. The Bertz CT molecular complexity index is 587. The molecule has 0 saturated carbocycles. The minimum atomic E-state index is -0.924. The largest absolute Gasteiger partial charge is 0.342 e. The van der Waals surface area contributed by atoms with E-state index in [1.807, 2.05) is 13.0 Å². The van der Waals surface area contributed by atoms with Gasteiger partial charge in [-0.25, -0.2) is 0 Å². The first-order valence-electron chi connectivity index (χ1n) is 6.77. The first-order valence-corrected chi connectivity index (χ1v) is 7.53. The number of rotatable bonds is 2. The minimum absolute atomic E-state index is 0.124. The van der Waals surface area contributed by atoms with Crippen molar-refractivity contribution in [3.63, 3.8) is 0 Å². The number of halogens is 2. The van der Waals surface area contributed by atoms with Crippen molar-refractivity contribution in [2.45, 2.75) is 45.3 Å². The summed E-state index contributed by atoms with van der Waals surface area (Å²) in [6.07, 6.45) is 0.271. The van der Waals surface area contributed by atoms with Crippen molar-refractivity contribution in [2.24, 2.45) is 0 Å². The molecule has 4 nitrogen and oxygen atoms in total. The number of carbonyl (C=O) groups is 2. The molecule has 2 amide bonds. The van der Waals surface area contributed by atoms with Crippen LogP contribution in [0.15, 0.2) is 18.2 Å². The van der Waals surface area contributed by atoms with Crippen LogP contribution in [-0.2, 0) is 16.1 Å². The maximum absolute atomic E-state index is 12.7. The topological polar surface area (TPSA) is 49.4 Å². The zero-order valence-corrected chi connectivity index (χ0v) is 13.8. The van der Waals surface area contributed by atoms with Gasteiger partial charge in [-0.05, 0) is 32.4 Å². The quantitative estimate of drug-likeness (QED) is 0.907. The molecule has 6 heteroatoms. The van der Waals surface area contributed by atoms with Gasteiger partial charge in [0.25, 0.3) is 0 Å². The van der Waals surface area contributed by atoms with E-state index in [9.17, 15) is 9.59 Å². The summed E-state index contributed by atoms with van der Waals surface area (Å²) in [5.74, 6) is -0.252. The number of benzene rings is 1. The van der Waals surface area contributed by atoms with Crippen LogP contribution in [0.4, 0.5) is 0 Å². The van der Waals surface area contributed by atoms with Crippen LogP contribution in [0.5, 0.6) is 0 Å². The molecule has 2 rings (SSSR count). The van der Waals surface area contributed by atoms with Gasteiger partial charge in [-0.3, -0.25) is 9.59 Å². The molecule has 1 aromatic carbocycles. The molecule has 1 atom stereocenters. The number of nitrogens with one attached hydrogen (secondary N) is 1. The fraction of sp³-hybridized carbons (Fsp3) is 0.467. The van der Waals surface area contributed by atoms with Gasteiger partial charge >= 0.3 is 0 Å². The van der Waals surface area contributed by atoms with E-state index in [2.05, 4.69) is 5.32 Å². The van der Waals surface area contributed by atoms with Gasteiger partial charge in [0.05, 0.1) is 10.0 Å². The highest BCUT2D eigenvalue weighted by Gasteiger charge is 2.39. The fourth-order valence-corrected chi connectivity index (χ4v) is 2.85. The summed E-state index contributed by atoms with van der Waals surface area (Å²) in [7, 11) is 0. The van der Waals surface area contributed by atoms with Crippen molar-refractivity contribution in [1.82, 2.24) is 10.2 Å². The molecule has 0 radical (unpaired) electrons. The van der Waals surface area contributed by atoms with E-state index in [1.54, 1.807) is 30.9 Å². The molecular formula is C15H18Cl2N2O2. The van der Waals surface area contributed by atoms with Crippen molar-refractivity contribution in [3.05, 3.63) is 33.8 Å². The highest BCUT2D eigenvalue weighted by Crippen LogP contribution is 2.28. The average Bonchev–Trinajstić information content (AvgIpc) is 2.44. The van der Waals surface area contributed by atoms with Crippen molar-refractivity contribution in [1.29, 1.82) is 0 Å². The molecule has 1 fully saturated rings. The molecule has 1 aliphatic rings. The van der Waals surface area contributed by atoms with Crippen LogP contribution in [-0.4, -0.2) is 28.3 Å². The molecule has 21 heavy (non-hydrogen) atoms. The maximum atomic E-state index is 12.7. The van der Waals surface area contributed by atoms with Gasteiger partial charge in [-0.2, -0.15) is 0 Å². The molecule has 1 aromatic rings. The lowest BCUT2D eigenvalue weighted by atomic mass is 10.0. The molecule has 1 N–H and O–H groups in total. The van der Waals surface area contributed by atoms with Gasteiger partial charge in [0, 0.05) is 19.0 Å². The number of hydrogen-bond donors (Lipinski definition) is 1. The van der Waals surface area contributed by atoms with Crippen LogP contribution in [0.25, 0.3) is 0 Å². The number of amides is 2. The Morgan fingerprint density at radius 3 is 2.67 bits per heavy atom. The Hall–Kier alpha value is -1.26. The Labute approximate surface area is 134 Å². The molecule has 1 aliphatic heterocycles. The van der Waals surface area contributed by atoms with E-state index in [4.69, 9.17) is 23.2 Å². The van der Waals surface area contributed by atoms with E-state index in [0.717, 1.165) is 5.56 Å². The van der Waals surface area contributed by atoms with Crippen molar-refractivity contribution in [3.8, 4) is 0 Å². The van der Waals surface area contributed by atoms with Gasteiger partial charge in [0.2, 0.25) is 11.8 Å². The number of hydrogen-bond acceptors (Lipinski definition) is 2. The summed E-state index contributed by atoms with van der Waals surface area (Å²) in [5, 5.41) is 3.65. The molecule has 1 unspecified atom stereocenters. The van der Waals surface area contributed by atoms with E-state index in [-0.39, 0.29) is 24.3 Å². The number of carbonyl (C=O) groups excluding carboxylic acids is 2. The molecule has 0 aromatic heterocycles. The smallest absolute Gasteiger partial charge is 0.248 e. The molecule has 0 bridgehead atoms. The van der Waals surface area contributed by atoms with E-state index >= 15 is 0 Å². The van der Waals surface area contributed by atoms with Gasteiger partial charge in [0.1, 0.15) is 5.54 Å². The summed E-state index contributed by atoms with van der Waals surface area (Å²) in [4.78, 5) is 26.2. The third kappa shape index (κ3) is 3.33. The average molecular weight is 329 g/mol. The second-order valence-electron chi connectivity index (χ2n) is 5.87. The van der Waals surface area contributed by atoms with Crippen molar-refractivity contribution < 1.29 is 9.59 Å². The molecule has 1 saturated heterocycles. The van der Waals surface area contributed by atoms with Crippen LogP contribution in [0.3, 0.4) is 0 Å². The third-order valence-corrected chi connectivity index (χ3v) is 4.49. The summed E-state index contributed by atoms with van der Waals surface area (Å²) in [5.41, 5.74) is -0.151. The van der Waals surface area contributed by atoms with E-state index in [1.165, 1.54) is 0 Å². The zero-order valence-electron chi connectivity index (χ0n) is 12.2. The first kappa shape index (κ1) is 16.1. The summed E-state index contributed by atoms with van der Waals surface area (Å²) < 4.78 is 0. The van der Waals surface area contributed by atoms with Gasteiger partial charge in [0.15, 0.2) is 0 Å². The van der Waals surface area contributed by atoms with Gasteiger partial charge < -0.3 is 10.2 Å². The highest BCUT2D eigenvalue weighted by atomic mass is 35.5. The van der Waals surface area contributed by atoms with E-state index < -0.39 is 5.54 Å². The first-order chi connectivity index (χ1) is 9.72. The predicted octanol–water partition coefficient (Wildman–Crippen LogP) is 3.01. The maximum Gasteiger partial charge on any atom is 0.248 e. The normalized spacial score (nSPS) is 22.0. The molecule has 114 valence electrons.